The Morgan fingerprint density at radius 1 is 1.30 bits per heavy atom. The van der Waals surface area contributed by atoms with Crippen LogP contribution in [-0.2, 0) is 20.9 Å². The molecule has 6 heteroatoms. The summed E-state index contributed by atoms with van der Waals surface area (Å²) in [7, 11) is 0. The van der Waals surface area contributed by atoms with Gasteiger partial charge in [-0.2, -0.15) is 0 Å². The number of likely N-dealkylation sites (N-methyl/N-ethyl adjacent to an activating group) is 1. The molecule has 0 aromatic heterocycles. The van der Waals surface area contributed by atoms with E-state index in [4.69, 9.17) is 16.3 Å². The average molecular weight is 339 g/mol. The molecule has 0 unspecified atom stereocenters. The van der Waals surface area contributed by atoms with E-state index in [9.17, 15) is 9.59 Å². The third kappa shape index (κ3) is 8.38. The summed E-state index contributed by atoms with van der Waals surface area (Å²) in [6.07, 6.45) is 2.29. The Bertz CT molecular complexity index is 571. The van der Waals surface area contributed by atoms with Crippen LogP contribution < -0.4 is 10.6 Å². The zero-order chi connectivity index (χ0) is 17.3. The number of esters is 1. The minimum atomic E-state index is -0.630. The first kappa shape index (κ1) is 19.2. The lowest BCUT2D eigenvalue weighted by Gasteiger charge is -2.24. The van der Waals surface area contributed by atoms with Crippen molar-refractivity contribution in [2.45, 2.75) is 32.9 Å². The van der Waals surface area contributed by atoms with Gasteiger partial charge in [0.25, 0.3) is 0 Å². The average Bonchev–Trinajstić information content (AvgIpc) is 2.48. The molecule has 0 aliphatic heterocycles. The molecule has 0 spiro atoms. The Morgan fingerprint density at radius 3 is 2.70 bits per heavy atom. The van der Waals surface area contributed by atoms with Crippen molar-refractivity contribution in [3.05, 3.63) is 47.0 Å². The second-order valence-electron chi connectivity index (χ2n) is 5.64. The highest BCUT2D eigenvalue weighted by atomic mass is 35.5. The Labute approximate surface area is 142 Å². The molecule has 0 saturated carbocycles. The number of rotatable bonds is 8. The van der Waals surface area contributed by atoms with Crippen LogP contribution in [0.4, 0.5) is 0 Å². The van der Waals surface area contributed by atoms with E-state index in [2.05, 4.69) is 10.6 Å². The Hall–Kier alpha value is -1.85. The quantitative estimate of drug-likeness (QED) is 0.564. The lowest BCUT2D eigenvalue weighted by Crippen LogP contribution is -2.39. The Balaban J connectivity index is 2.40. The third-order valence-corrected chi connectivity index (χ3v) is 3.14. The van der Waals surface area contributed by atoms with Crippen LogP contribution in [0.3, 0.4) is 0 Å². The van der Waals surface area contributed by atoms with Gasteiger partial charge in [0, 0.05) is 30.3 Å². The molecule has 1 amide bonds. The molecule has 0 saturated heterocycles. The van der Waals surface area contributed by atoms with Crippen LogP contribution >= 0.6 is 11.6 Å². The van der Waals surface area contributed by atoms with Crippen LogP contribution in [0.5, 0.6) is 0 Å². The number of amides is 1. The van der Waals surface area contributed by atoms with Crippen molar-refractivity contribution in [3.63, 3.8) is 0 Å². The van der Waals surface area contributed by atoms with Crippen LogP contribution in [0.15, 0.2) is 36.4 Å². The van der Waals surface area contributed by atoms with Gasteiger partial charge in [-0.05, 0) is 38.1 Å². The van der Waals surface area contributed by atoms with Gasteiger partial charge in [0.1, 0.15) is 5.60 Å². The molecule has 1 aromatic rings. The first-order chi connectivity index (χ1) is 10.8. The molecule has 23 heavy (non-hydrogen) atoms. The summed E-state index contributed by atoms with van der Waals surface area (Å²) in [6, 6.07) is 7.19. The molecule has 0 bridgehead atoms. The molecule has 2 N–H and O–H groups in total. The topological polar surface area (TPSA) is 67.4 Å². The lowest BCUT2D eigenvalue weighted by molar-refractivity contribution is -0.149. The largest absolute Gasteiger partial charge is 0.455 e. The van der Waals surface area contributed by atoms with Gasteiger partial charge in [-0.25, -0.2) is 4.79 Å². The maximum atomic E-state index is 11.7. The number of carbonyl (C=O) groups is 2. The highest BCUT2D eigenvalue weighted by molar-refractivity contribution is 6.30. The molecule has 0 heterocycles. The monoisotopic (exact) mass is 338 g/mol. The van der Waals surface area contributed by atoms with Gasteiger partial charge in [-0.15, -0.1) is 0 Å². The minimum Gasteiger partial charge on any atom is -0.455 e. The highest BCUT2D eigenvalue weighted by Crippen LogP contribution is 2.10. The van der Waals surface area contributed by atoms with Crippen molar-refractivity contribution >= 4 is 23.5 Å². The smallest absolute Gasteiger partial charge is 0.331 e. The van der Waals surface area contributed by atoms with Crippen molar-refractivity contribution < 1.29 is 14.3 Å². The first-order valence-corrected chi connectivity index (χ1v) is 7.84. The molecule has 0 atom stereocenters. The SMILES string of the molecule is CCNCC(C)(C)OC(=O)/C=C/C(=O)NCc1cccc(Cl)c1. The molecule has 0 fully saturated rings. The number of hydrogen-bond acceptors (Lipinski definition) is 4. The van der Waals surface area contributed by atoms with Gasteiger partial charge in [0.05, 0.1) is 0 Å². The van der Waals surface area contributed by atoms with E-state index < -0.39 is 11.6 Å². The van der Waals surface area contributed by atoms with Crippen LogP contribution in [0.1, 0.15) is 26.3 Å². The summed E-state index contributed by atoms with van der Waals surface area (Å²) in [5.41, 5.74) is 0.253. The number of hydrogen-bond donors (Lipinski definition) is 2. The van der Waals surface area contributed by atoms with Gasteiger partial charge in [0.15, 0.2) is 0 Å². The summed E-state index contributed by atoms with van der Waals surface area (Å²) in [5, 5.41) is 6.39. The fraction of sp³-hybridized carbons (Fsp3) is 0.412. The Kier molecular flexibility index (Phi) is 7.78. The molecule has 1 rings (SSSR count). The van der Waals surface area contributed by atoms with Crippen LogP contribution in [0.25, 0.3) is 0 Å². The van der Waals surface area contributed by atoms with Crippen LogP contribution in [0, 0.1) is 0 Å². The first-order valence-electron chi connectivity index (χ1n) is 7.46. The standard InChI is InChI=1S/C17H23ClN2O3/c1-4-19-12-17(2,3)23-16(22)9-8-15(21)20-11-13-6-5-7-14(18)10-13/h5-10,19H,4,11-12H2,1-3H3,(H,20,21)/b9-8+. The minimum absolute atomic E-state index is 0.338. The van der Waals surface area contributed by atoms with Crippen LogP contribution in [-0.4, -0.2) is 30.6 Å². The molecular formula is C17H23ClN2O3. The molecule has 0 aliphatic rings. The van der Waals surface area contributed by atoms with Crippen molar-refractivity contribution in [1.29, 1.82) is 0 Å². The maximum Gasteiger partial charge on any atom is 0.331 e. The van der Waals surface area contributed by atoms with E-state index in [-0.39, 0.29) is 5.91 Å². The Morgan fingerprint density at radius 2 is 2.04 bits per heavy atom. The van der Waals surface area contributed by atoms with Crippen LogP contribution in [0.2, 0.25) is 5.02 Å². The molecular weight excluding hydrogens is 316 g/mol. The molecule has 5 nitrogen and oxygen atoms in total. The summed E-state index contributed by atoms with van der Waals surface area (Å²) in [4.78, 5) is 23.4. The predicted molar refractivity (Wildman–Crippen MR) is 91.2 cm³/mol. The second-order valence-corrected chi connectivity index (χ2v) is 6.08. The van der Waals surface area contributed by atoms with Crippen molar-refractivity contribution in [3.8, 4) is 0 Å². The maximum absolute atomic E-state index is 11.7. The van der Waals surface area contributed by atoms with Gasteiger partial charge < -0.3 is 15.4 Å². The van der Waals surface area contributed by atoms with E-state index in [0.29, 0.717) is 18.1 Å². The summed E-state index contributed by atoms with van der Waals surface area (Å²) < 4.78 is 5.28. The van der Waals surface area contributed by atoms with Gasteiger partial charge in [0.2, 0.25) is 5.91 Å². The van der Waals surface area contributed by atoms with E-state index in [0.717, 1.165) is 24.3 Å². The fourth-order valence-electron chi connectivity index (χ4n) is 1.81. The van der Waals surface area contributed by atoms with Gasteiger partial charge >= 0.3 is 5.97 Å². The number of halogens is 1. The zero-order valence-corrected chi connectivity index (χ0v) is 14.4. The second kappa shape index (κ2) is 9.33. The summed E-state index contributed by atoms with van der Waals surface area (Å²) in [6.45, 7) is 7.26. The number of carbonyl (C=O) groups excluding carboxylic acids is 2. The number of benzene rings is 1. The molecule has 0 aliphatic carbocycles. The lowest BCUT2D eigenvalue weighted by atomic mass is 10.1. The van der Waals surface area contributed by atoms with E-state index in [1.165, 1.54) is 0 Å². The molecule has 0 radical (unpaired) electrons. The third-order valence-electron chi connectivity index (χ3n) is 2.90. The highest BCUT2D eigenvalue weighted by Gasteiger charge is 2.20. The van der Waals surface area contributed by atoms with E-state index in [1.54, 1.807) is 26.0 Å². The van der Waals surface area contributed by atoms with Gasteiger partial charge in [-0.1, -0.05) is 30.7 Å². The normalized spacial score (nSPS) is 11.5. The number of ether oxygens (including phenoxy) is 1. The van der Waals surface area contributed by atoms with Crippen molar-refractivity contribution in [2.75, 3.05) is 13.1 Å². The fourth-order valence-corrected chi connectivity index (χ4v) is 2.02. The van der Waals surface area contributed by atoms with Crippen molar-refractivity contribution in [1.82, 2.24) is 10.6 Å². The van der Waals surface area contributed by atoms with Crippen molar-refractivity contribution in [2.24, 2.45) is 0 Å². The molecule has 1 aromatic carbocycles. The summed E-state index contributed by atoms with van der Waals surface area (Å²) >= 11 is 5.87. The molecule has 126 valence electrons. The summed E-state index contributed by atoms with van der Waals surface area (Å²) in [5.74, 6) is -0.919. The van der Waals surface area contributed by atoms with Gasteiger partial charge in [-0.3, -0.25) is 4.79 Å². The van der Waals surface area contributed by atoms with E-state index in [1.807, 2.05) is 19.1 Å². The predicted octanol–water partition coefficient (Wildman–Crippen LogP) is 2.44. The zero-order valence-electron chi connectivity index (χ0n) is 13.7. The van der Waals surface area contributed by atoms with E-state index >= 15 is 0 Å². The number of nitrogens with one attached hydrogen (secondary N) is 2.